The second-order valence-electron chi connectivity index (χ2n) is 4.83. The third-order valence-corrected chi connectivity index (χ3v) is 3.63. The van der Waals surface area contributed by atoms with Crippen molar-refractivity contribution in [3.8, 4) is 5.75 Å². The molecule has 0 radical (unpaired) electrons. The van der Waals surface area contributed by atoms with E-state index in [9.17, 15) is 4.79 Å². The minimum absolute atomic E-state index is 0.152. The summed E-state index contributed by atoms with van der Waals surface area (Å²) < 4.78 is 7.25. The second-order valence-corrected chi connectivity index (χ2v) is 5.67. The molecule has 112 valence electrons. The zero-order chi connectivity index (χ0) is 15.2. The maximum absolute atomic E-state index is 11.8. The number of hydrogen-bond acceptors (Lipinski definition) is 2. The molecule has 0 saturated carbocycles. The van der Waals surface area contributed by atoms with Gasteiger partial charge in [-0.25, -0.2) is 0 Å². The summed E-state index contributed by atoms with van der Waals surface area (Å²) in [4.78, 5) is 11.8. The fourth-order valence-electron chi connectivity index (χ4n) is 2.02. The number of ether oxygens (including phenoxy) is 1. The van der Waals surface area contributed by atoms with Crippen LogP contribution in [-0.2, 0) is 6.54 Å². The average Bonchev–Trinajstić information content (AvgIpc) is 2.45. The fourth-order valence-corrected chi connectivity index (χ4v) is 2.52. The van der Waals surface area contributed by atoms with E-state index in [4.69, 9.17) is 27.9 Å². The highest BCUT2D eigenvalue weighted by atomic mass is 35.5. The summed E-state index contributed by atoms with van der Waals surface area (Å²) in [5, 5.41) is 0.620. The van der Waals surface area contributed by atoms with Crippen LogP contribution in [-0.4, -0.2) is 11.2 Å². The number of aromatic nitrogens is 1. The Morgan fingerprint density at radius 1 is 1.19 bits per heavy atom. The minimum atomic E-state index is -0.208. The quantitative estimate of drug-likeness (QED) is 0.740. The molecule has 0 aliphatic rings. The van der Waals surface area contributed by atoms with Crippen molar-refractivity contribution < 1.29 is 4.74 Å². The molecule has 1 heterocycles. The van der Waals surface area contributed by atoms with Crippen LogP contribution in [0.2, 0.25) is 10.0 Å². The average molecular weight is 326 g/mol. The number of hydrogen-bond donors (Lipinski definition) is 0. The lowest BCUT2D eigenvalue weighted by Crippen LogP contribution is -2.20. The van der Waals surface area contributed by atoms with E-state index in [-0.39, 0.29) is 10.6 Å². The highest BCUT2D eigenvalue weighted by Gasteiger charge is 2.04. The highest BCUT2D eigenvalue weighted by Crippen LogP contribution is 2.16. The first kappa shape index (κ1) is 15.9. The SMILES string of the molecule is Cc1ccccc1OCCCCn1cc(Cl)cc(Cl)c1=O. The summed E-state index contributed by atoms with van der Waals surface area (Å²) in [5.74, 6) is 0.903. The Morgan fingerprint density at radius 3 is 2.71 bits per heavy atom. The van der Waals surface area contributed by atoms with Gasteiger partial charge < -0.3 is 9.30 Å². The van der Waals surface area contributed by atoms with Gasteiger partial charge in [-0.1, -0.05) is 41.4 Å². The van der Waals surface area contributed by atoms with Crippen molar-refractivity contribution in [1.82, 2.24) is 4.57 Å². The van der Waals surface area contributed by atoms with Gasteiger partial charge in [0.15, 0.2) is 0 Å². The number of aryl methyl sites for hydroxylation is 2. The van der Waals surface area contributed by atoms with Crippen LogP contribution in [0.5, 0.6) is 5.75 Å². The molecule has 0 spiro atoms. The van der Waals surface area contributed by atoms with Gasteiger partial charge in [0.1, 0.15) is 10.8 Å². The summed E-state index contributed by atoms with van der Waals surface area (Å²) in [5.41, 5.74) is 0.913. The fraction of sp³-hybridized carbons (Fsp3) is 0.312. The molecule has 0 amide bonds. The minimum Gasteiger partial charge on any atom is -0.493 e. The number of nitrogens with zero attached hydrogens (tertiary/aromatic N) is 1. The monoisotopic (exact) mass is 325 g/mol. The third kappa shape index (κ3) is 4.51. The molecule has 1 aromatic carbocycles. The van der Waals surface area contributed by atoms with Crippen LogP contribution in [0.15, 0.2) is 41.3 Å². The first-order chi connectivity index (χ1) is 10.1. The van der Waals surface area contributed by atoms with Crippen LogP contribution in [0.1, 0.15) is 18.4 Å². The summed E-state index contributed by atoms with van der Waals surface area (Å²) in [6.07, 6.45) is 3.28. The smallest absolute Gasteiger partial charge is 0.269 e. The van der Waals surface area contributed by atoms with Gasteiger partial charge in [0.05, 0.1) is 11.6 Å². The Hall–Kier alpha value is -1.45. The molecule has 0 unspecified atom stereocenters. The van der Waals surface area contributed by atoms with Gasteiger partial charge in [-0.05, 0) is 37.5 Å². The molecule has 0 saturated heterocycles. The zero-order valence-electron chi connectivity index (χ0n) is 11.8. The van der Waals surface area contributed by atoms with Crippen molar-refractivity contribution in [1.29, 1.82) is 0 Å². The molecule has 3 nitrogen and oxygen atoms in total. The molecule has 1 aromatic heterocycles. The molecular weight excluding hydrogens is 309 g/mol. The number of para-hydroxylation sites is 1. The Labute approximate surface area is 134 Å². The van der Waals surface area contributed by atoms with E-state index in [1.807, 2.05) is 31.2 Å². The molecule has 0 aliphatic carbocycles. The van der Waals surface area contributed by atoms with Crippen LogP contribution < -0.4 is 10.3 Å². The highest BCUT2D eigenvalue weighted by molar-refractivity contribution is 6.34. The van der Waals surface area contributed by atoms with E-state index >= 15 is 0 Å². The molecule has 2 aromatic rings. The largest absolute Gasteiger partial charge is 0.493 e. The zero-order valence-corrected chi connectivity index (χ0v) is 13.3. The van der Waals surface area contributed by atoms with E-state index in [2.05, 4.69) is 0 Å². The van der Waals surface area contributed by atoms with Gasteiger partial charge >= 0.3 is 0 Å². The molecule has 0 bridgehead atoms. The standard InChI is InChI=1S/C16H17Cl2NO2/c1-12-6-2-3-7-15(12)21-9-5-4-8-19-11-13(17)10-14(18)16(19)20/h2-3,6-7,10-11H,4-5,8-9H2,1H3. The maximum atomic E-state index is 11.8. The van der Waals surface area contributed by atoms with Gasteiger partial charge in [-0.15, -0.1) is 0 Å². The maximum Gasteiger partial charge on any atom is 0.269 e. The summed E-state index contributed by atoms with van der Waals surface area (Å²) in [6.45, 7) is 3.22. The van der Waals surface area contributed by atoms with E-state index in [0.717, 1.165) is 24.2 Å². The van der Waals surface area contributed by atoms with E-state index in [1.54, 1.807) is 10.8 Å². The van der Waals surface area contributed by atoms with Gasteiger partial charge in [-0.3, -0.25) is 4.79 Å². The molecule has 21 heavy (non-hydrogen) atoms. The Morgan fingerprint density at radius 2 is 1.95 bits per heavy atom. The normalized spacial score (nSPS) is 10.6. The van der Waals surface area contributed by atoms with Crippen molar-refractivity contribution in [2.24, 2.45) is 0 Å². The van der Waals surface area contributed by atoms with Crippen LogP contribution >= 0.6 is 23.2 Å². The van der Waals surface area contributed by atoms with E-state index < -0.39 is 0 Å². The molecular formula is C16H17Cl2NO2. The summed E-state index contributed by atoms with van der Waals surface area (Å²) >= 11 is 11.7. The van der Waals surface area contributed by atoms with Crippen LogP contribution in [0.4, 0.5) is 0 Å². The van der Waals surface area contributed by atoms with Gasteiger partial charge in [0.25, 0.3) is 5.56 Å². The van der Waals surface area contributed by atoms with Gasteiger partial charge in [0.2, 0.25) is 0 Å². The number of halogens is 2. The van der Waals surface area contributed by atoms with Crippen LogP contribution in [0.3, 0.4) is 0 Å². The van der Waals surface area contributed by atoms with Crippen molar-refractivity contribution in [3.05, 3.63) is 62.5 Å². The summed E-state index contributed by atoms with van der Waals surface area (Å²) in [6, 6.07) is 9.37. The number of rotatable bonds is 6. The molecule has 2 rings (SSSR count). The lowest BCUT2D eigenvalue weighted by molar-refractivity contribution is 0.301. The van der Waals surface area contributed by atoms with E-state index in [0.29, 0.717) is 18.2 Å². The van der Waals surface area contributed by atoms with Crippen molar-refractivity contribution >= 4 is 23.2 Å². The topological polar surface area (TPSA) is 31.2 Å². The van der Waals surface area contributed by atoms with Crippen molar-refractivity contribution in [2.45, 2.75) is 26.3 Å². The molecule has 0 fully saturated rings. The lowest BCUT2D eigenvalue weighted by Gasteiger charge is -2.09. The van der Waals surface area contributed by atoms with Crippen molar-refractivity contribution in [3.63, 3.8) is 0 Å². The Balaban J connectivity index is 1.81. The molecule has 0 N–H and O–H groups in total. The van der Waals surface area contributed by atoms with Crippen molar-refractivity contribution in [2.75, 3.05) is 6.61 Å². The number of unbranched alkanes of at least 4 members (excludes halogenated alkanes) is 1. The molecule has 0 atom stereocenters. The van der Waals surface area contributed by atoms with Crippen LogP contribution in [0.25, 0.3) is 0 Å². The predicted molar refractivity (Wildman–Crippen MR) is 86.6 cm³/mol. The summed E-state index contributed by atoms with van der Waals surface area (Å²) in [7, 11) is 0. The lowest BCUT2D eigenvalue weighted by atomic mass is 10.2. The third-order valence-electron chi connectivity index (χ3n) is 3.15. The van der Waals surface area contributed by atoms with Gasteiger partial charge in [-0.2, -0.15) is 0 Å². The van der Waals surface area contributed by atoms with E-state index in [1.165, 1.54) is 6.07 Å². The first-order valence-electron chi connectivity index (χ1n) is 6.82. The van der Waals surface area contributed by atoms with Crippen LogP contribution in [0, 0.1) is 6.92 Å². The second kappa shape index (κ2) is 7.53. The Bertz CT molecular complexity index is 668. The van der Waals surface area contributed by atoms with Gasteiger partial charge in [0, 0.05) is 12.7 Å². The number of benzene rings is 1. The Kier molecular flexibility index (Phi) is 5.71. The molecule has 0 aliphatic heterocycles. The first-order valence-corrected chi connectivity index (χ1v) is 7.57. The number of pyridine rings is 1. The molecule has 5 heteroatoms. The predicted octanol–water partition coefficient (Wildman–Crippen LogP) is 4.32.